The summed E-state index contributed by atoms with van der Waals surface area (Å²) in [6.45, 7) is 1.85. The molecule has 2 aromatic rings. The highest BCUT2D eigenvalue weighted by atomic mass is 19.1. The molecular formula is C8H8FN5. The van der Waals surface area contributed by atoms with Gasteiger partial charge in [0.1, 0.15) is 0 Å². The van der Waals surface area contributed by atoms with Gasteiger partial charge in [0.25, 0.3) is 0 Å². The van der Waals surface area contributed by atoms with Crippen LogP contribution in [0.15, 0.2) is 18.6 Å². The Balaban J connectivity index is 2.55. The van der Waals surface area contributed by atoms with Gasteiger partial charge in [-0.25, -0.2) is 14.1 Å². The zero-order valence-electron chi connectivity index (χ0n) is 7.48. The first-order valence-electron chi connectivity index (χ1n) is 3.96. The van der Waals surface area contributed by atoms with E-state index < -0.39 is 5.82 Å². The Bertz CT molecular complexity index is 465. The van der Waals surface area contributed by atoms with Gasteiger partial charge in [-0.15, -0.1) is 0 Å². The second kappa shape index (κ2) is 3.06. The van der Waals surface area contributed by atoms with Crippen LogP contribution in [-0.4, -0.2) is 19.7 Å². The Kier molecular flexibility index (Phi) is 1.88. The van der Waals surface area contributed by atoms with Crippen molar-refractivity contribution in [3.63, 3.8) is 0 Å². The molecule has 0 aliphatic heterocycles. The highest BCUT2D eigenvalue weighted by Gasteiger charge is 2.08. The molecular weight excluding hydrogens is 185 g/mol. The van der Waals surface area contributed by atoms with E-state index in [1.807, 2.05) is 6.92 Å². The molecule has 0 atom stereocenters. The van der Waals surface area contributed by atoms with E-state index in [9.17, 15) is 4.39 Å². The van der Waals surface area contributed by atoms with Crippen LogP contribution < -0.4 is 5.73 Å². The summed E-state index contributed by atoms with van der Waals surface area (Å²) in [5.74, 6) is -0.470. The van der Waals surface area contributed by atoms with Gasteiger partial charge >= 0.3 is 0 Å². The van der Waals surface area contributed by atoms with Crippen LogP contribution in [0.25, 0.3) is 5.82 Å². The van der Waals surface area contributed by atoms with Crippen LogP contribution in [0.3, 0.4) is 0 Å². The lowest BCUT2D eigenvalue weighted by Crippen LogP contribution is -2.05. The smallest absolute Gasteiger partial charge is 0.222 e. The number of nitrogens with zero attached hydrogens (tertiary/aromatic N) is 4. The molecule has 5 nitrogen and oxygen atoms in total. The number of nitrogens with two attached hydrogens (primary N) is 1. The summed E-state index contributed by atoms with van der Waals surface area (Å²) in [6, 6.07) is 0. The molecule has 0 saturated heterocycles. The van der Waals surface area contributed by atoms with Gasteiger partial charge in [0, 0.05) is 6.20 Å². The number of nitrogen functional groups attached to an aromatic ring is 1. The van der Waals surface area contributed by atoms with E-state index in [2.05, 4.69) is 15.1 Å². The predicted molar refractivity (Wildman–Crippen MR) is 48.3 cm³/mol. The molecule has 6 heteroatoms. The van der Waals surface area contributed by atoms with Crippen LogP contribution in [-0.2, 0) is 0 Å². The molecule has 0 radical (unpaired) electrons. The van der Waals surface area contributed by atoms with E-state index in [0.717, 1.165) is 11.8 Å². The molecule has 0 spiro atoms. The zero-order valence-corrected chi connectivity index (χ0v) is 7.48. The van der Waals surface area contributed by atoms with E-state index >= 15 is 0 Å². The van der Waals surface area contributed by atoms with E-state index in [4.69, 9.17) is 5.73 Å². The molecule has 2 rings (SSSR count). The van der Waals surface area contributed by atoms with Crippen molar-refractivity contribution in [1.82, 2.24) is 19.7 Å². The van der Waals surface area contributed by atoms with Crippen molar-refractivity contribution in [2.24, 2.45) is 0 Å². The fourth-order valence-electron chi connectivity index (χ4n) is 1.06. The topological polar surface area (TPSA) is 69.6 Å². The third-order valence-electron chi connectivity index (χ3n) is 1.67. The molecule has 72 valence electrons. The largest absolute Gasteiger partial charge is 0.368 e. The van der Waals surface area contributed by atoms with Crippen molar-refractivity contribution in [2.75, 3.05) is 5.73 Å². The second-order valence-electron chi connectivity index (χ2n) is 2.86. The lowest BCUT2D eigenvalue weighted by atomic mass is 10.4. The van der Waals surface area contributed by atoms with Crippen molar-refractivity contribution in [3.05, 3.63) is 30.0 Å². The normalized spacial score (nSPS) is 10.4. The quantitative estimate of drug-likeness (QED) is 0.723. The predicted octanol–water partition coefficient (Wildman–Crippen LogP) is 0.692. The van der Waals surface area contributed by atoms with Gasteiger partial charge in [-0.2, -0.15) is 10.1 Å². The van der Waals surface area contributed by atoms with Crippen LogP contribution in [0.1, 0.15) is 5.56 Å². The third kappa shape index (κ3) is 1.41. The molecule has 0 fully saturated rings. The fourth-order valence-corrected chi connectivity index (χ4v) is 1.06. The van der Waals surface area contributed by atoms with Gasteiger partial charge in [-0.1, -0.05) is 0 Å². The number of aromatic nitrogens is 4. The first-order valence-corrected chi connectivity index (χ1v) is 3.96. The van der Waals surface area contributed by atoms with Crippen LogP contribution in [0.2, 0.25) is 0 Å². The van der Waals surface area contributed by atoms with E-state index in [1.165, 1.54) is 4.68 Å². The van der Waals surface area contributed by atoms with Crippen molar-refractivity contribution < 1.29 is 4.39 Å². The molecule has 0 aliphatic carbocycles. The minimum atomic E-state index is -0.553. The molecule has 0 bridgehead atoms. The van der Waals surface area contributed by atoms with Crippen molar-refractivity contribution in [3.8, 4) is 5.82 Å². The lowest BCUT2D eigenvalue weighted by Gasteiger charge is -2.01. The number of aryl methyl sites for hydroxylation is 1. The molecule has 2 heterocycles. The first-order chi connectivity index (χ1) is 6.66. The fraction of sp³-hybridized carbons (Fsp3) is 0.125. The minimum absolute atomic E-state index is 0.0227. The summed E-state index contributed by atoms with van der Waals surface area (Å²) in [5, 5.41) is 3.92. The average molecular weight is 193 g/mol. The van der Waals surface area contributed by atoms with Crippen LogP contribution in [0.5, 0.6) is 0 Å². The highest BCUT2D eigenvalue weighted by molar-refractivity contribution is 5.29. The van der Waals surface area contributed by atoms with Gasteiger partial charge in [-0.3, -0.25) is 0 Å². The molecule has 2 aromatic heterocycles. The van der Waals surface area contributed by atoms with Crippen LogP contribution in [0.4, 0.5) is 10.3 Å². The highest BCUT2D eigenvalue weighted by Crippen LogP contribution is 2.09. The van der Waals surface area contributed by atoms with E-state index in [0.29, 0.717) is 0 Å². The Morgan fingerprint density at radius 2 is 2.21 bits per heavy atom. The maximum Gasteiger partial charge on any atom is 0.222 e. The molecule has 0 amide bonds. The molecule has 14 heavy (non-hydrogen) atoms. The maximum atomic E-state index is 13.2. The Hall–Kier alpha value is -1.98. The van der Waals surface area contributed by atoms with Crippen molar-refractivity contribution >= 4 is 5.95 Å². The van der Waals surface area contributed by atoms with E-state index in [1.54, 1.807) is 12.4 Å². The zero-order chi connectivity index (χ0) is 10.1. The summed E-state index contributed by atoms with van der Waals surface area (Å²) in [4.78, 5) is 7.27. The third-order valence-corrected chi connectivity index (χ3v) is 1.67. The summed E-state index contributed by atoms with van der Waals surface area (Å²) in [7, 11) is 0. The minimum Gasteiger partial charge on any atom is -0.368 e. The van der Waals surface area contributed by atoms with Gasteiger partial charge < -0.3 is 5.73 Å². The Labute approximate surface area is 79.4 Å². The number of halogens is 1. The second-order valence-corrected chi connectivity index (χ2v) is 2.86. The Morgan fingerprint density at radius 1 is 1.43 bits per heavy atom. The van der Waals surface area contributed by atoms with Gasteiger partial charge in [-0.05, 0) is 12.5 Å². The standard InChI is InChI=1S/C8H8FN5/c1-5-2-12-14(4-5)7-6(9)3-11-8(10)13-7/h2-4H,1H3,(H2,10,11,13). The number of rotatable bonds is 1. The van der Waals surface area contributed by atoms with Gasteiger partial charge in [0.15, 0.2) is 11.6 Å². The summed E-state index contributed by atoms with van der Waals surface area (Å²) in [5.41, 5.74) is 6.26. The monoisotopic (exact) mass is 193 g/mol. The Morgan fingerprint density at radius 3 is 2.86 bits per heavy atom. The van der Waals surface area contributed by atoms with E-state index in [-0.39, 0.29) is 11.8 Å². The summed E-state index contributed by atoms with van der Waals surface area (Å²) < 4.78 is 14.5. The number of hydrogen-bond donors (Lipinski definition) is 1. The van der Waals surface area contributed by atoms with Crippen molar-refractivity contribution in [1.29, 1.82) is 0 Å². The summed E-state index contributed by atoms with van der Waals surface area (Å²) in [6.07, 6.45) is 4.29. The average Bonchev–Trinajstić information content (AvgIpc) is 2.56. The number of anilines is 1. The van der Waals surface area contributed by atoms with Crippen molar-refractivity contribution in [2.45, 2.75) is 6.92 Å². The molecule has 0 saturated carbocycles. The van der Waals surface area contributed by atoms with Crippen LogP contribution in [0, 0.1) is 12.7 Å². The molecule has 2 N–H and O–H groups in total. The molecule has 0 unspecified atom stereocenters. The van der Waals surface area contributed by atoms with Gasteiger partial charge in [0.05, 0.1) is 12.4 Å². The van der Waals surface area contributed by atoms with Crippen LogP contribution >= 0.6 is 0 Å². The SMILES string of the molecule is Cc1cnn(-c2nc(N)ncc2F)c1. The number of hydrogen-bond acceptors (Lipinski definition) is 4. The molecule has 0 aliphatic rings. The maximum absolute atomic E-state index is 13.2. The van der Waals surface area contributed by atoms with Gasteiger partial charge in [0.2, 0.25) is 5.95 Å². The molecule has 0 aromatic carbocycles. The lowest BCUT2D eigenvalue weighted by molar-refractivity contribution is 0.594. The summed E-state index contributed by atoms with van der Waals surface area (Å²) >= 11 is 0. The first kappa shape index (κ1) is 8.61.